The summed E-state index contributed by atoms with van der Waals surface area (Å²) in [5.41, 5.74) is 2.37. The lowest BCUT2D eigenvalue weighted by molar-refractivity contribution is 0.759. The zero-order chi connectivity index (χ0) is 13.8. The summed E-state index contributed by atoms with van der Waals surface area (Å²) in [6.45, 7) is 8.50. The van der Waals surface area contributed by atoms with E-state index >= 15 is 0 Å². The van der Waals surface area contributed by atoms with Gasteiger partial charge in [0.05, 0.1) is 0 Å². The van der Waals surface area contributed by atoms with Crippen molar-refractivity contribution in [2.75, 3.05) is 5.32 Å². The smallest absolute Gasteiger partial charge is 0.205 e. The predicted octanol–water partition coefficient (Wildman–Crippen LogP) is 3.41. The predicted molar refractivity (Wildman–Crippen MR) is 79.8 cm³/mol. The van der Waals surface area contributed by atoms with Crippen molar-refractivity contribution in [2.24, 2.45) is 0 Å². The van der Waals surface area contributed by atoms with Crippen molar-refractivity contribution in [3.63, 3.8) is 0 Å². The molecule has 0 spiro atoms. The minimum absolute atomic E-state index is 0.293. The molecule has 0 radical (unpaired) electrons. The van der Waals surface area contributed by atoms with E-state index in [0.29, 0.717) is 12.0 Å². The Bertz CT molecular complexity index is 536. The Morgan fingerprint density at radius 3 is 2.68 bits per heavy atom. The molecule has 2 heterocycles. The summed E-state index contributed by atoms with van der Waals surface area (Å²) in [6.07, 6.45) is 2.74. The molecule has 0 aliphatic carbocycles. The van der Waals surface area contributed by atoms with Crippen LogP contribution in [0.2, 0.25) is 0 Å². The van der Waals surface area contributed by atoms with Gasteiger partial charge in [-0.2, -0.15) is 0 Å². The maximum absolute atomic E-state index is 4.42. The van der Waals surface area contributed by atoms with Crippen LogP contribution in [-0.2, 0) is 6.42 Å². The minimum Gasteiger partial charge on any atom is -0.357 e. The van der Waals surface area contributed by atoms with Crippen molar-refractivity contribution in [2.45, 2.75) is 46.1 Å². The SMILES string of the molecule is Cc1cccnc1C[C@@H](C)Nc1nnc(C(C)C)s1. The fraction of sp³-hybridized carbons (Fsp3) is 0.500. The fourth-order valence-electron chi connectivity index (χ4n) is 1.81. The number of hydrogen-bond donors (Lipinski definition) is 1. The molecule has 102 valence electrons. The van der Waals surface area contributed by atoms with Gasteiger partial charge in [-0.05, 0) is 25.5 Å². The minimum atomic E-state index is 0.293. The summed E-state index contributed by atoms with van der Waals surface area (Å²) in [5, 5.41) is 13.7. The molecule has 0 saturated carbocycles. The van der Waals surface area contributed by atoms with Gasteiger partial charge in [0.1, 0.15) is 5.01 Å². The Hall–Kier alpha value is -1.49. The molecule has 0 fully saturated rings. The molecule has 0 aliphatic rings. The summed E-state index contributed by atoms with van der Waals surface area (Å²) in [6, 6.07) is 4.36. The molecule has 0 amide bonds. The van der Waals surface area contributed by atoms with Crippen molar-refractivity contribution >= 4 is 16.5 Å². The van der Waals surface area contributed by atoms with Crippen LogP contribution in [0.4, 0.5) is 5.13 Å². The molecule has 19 heavy (non-hydrogen) atoms. The first kappa shape index (κ1) is 13.9. The summed E-state index contributed by atoms with van der Waals surface area (Å²) >= 11 is 1.63. The van der Waals surface area contributed by atoms with Crippen LogP contribution in [0, 0.1) is 6.92 Å². The second kappa shape index (κ2) is 6.10. The zero-order valence-corrected chi connectivity index (χ0v) is 12.7. The highest BCUT2D eigenvalue weighted by molar-refractivity contribution is 7.15. The van der Waals surface area contributed by atoms with Crippen LogP contribution in [0.15, 0.2) is 18.3 Å². The Morgan fingerprint density at radius 2 is 2.05 bits per heavy atom. The number of aryl methyl sites for hydroxylation is 1. The van der Waals surface area contributed by atoms with E-state index in [4.69, 9.17) is 0 Å². The fourth-order valence-corrected chi connectivity index (χ4v) is 2.67. The zero-order valence-electron chi connectivity index (χ0n) is 11.8. The summed E-state index contributed by atoms with van der Waals surface area (Å²) in [4.78, 5) is 4.42. The van der Waals surface area contributed by atoms with Crippen molar-refractivity contribution in [3.8, 4) is 0 Å². The molecule has 2 rings (SSSR count). The van der Waals surface area contributed by atoms with Crippen LogP contribution in [0.5, 0.6) is 0 Å². The van der Waals surface area contributed by atoms with Crippen LogP contribution in [0.3, 0.4) is 0 Å². The summed E-state index contributed by atoms with van der Waals surface area (Å²) < 4.78 is 0. The molecule has 1 N–H and O–H groups in total. The molecule has 0 saturated heterocycles. The molecular weight excluding hydrogens is 256 g/mol. The maximum Gasteiger partial charge on any atom is 0.205 e. The number of rotatable bonds is 5. The standard InChI is InChI=1S/C14H20N4S/c1-9(2)13-17-18-14(19-13)16-11(4)8-12-10(3)6-5-7-15-12/h5-7,9,11H,8H2,1-4H3,(H,16,18)/t11-/m1/s1. The Kier molecular flexibility index (Phi) is 4.47. The third kappa shape index (κ3) is 3.73. The van der Waals surface area contributed by atoms with E-state index in [1.807, 2.05) is 12.3 Å². The van der Waals surface area contributed by atoms with Crippen molar-refractivity contribution < 1.29 is 0 Å². The van der Waals surface area contributed by atoms with E-state index in [1.165, 1.54) is 5.56 Å². The number of anilines is 1. The molecule has 0 bridgehead atoms. The third-order valence-corrected chi connectivity index (χ3v) is 4.08. The maximum atomic E-state index is 4.42. The van der Waals surface area contributed by atoms with Crippen LogP contribution >= 0.6 is 11.3 Å². The van der Waals surface area contributed by atoms with Gasteiger partial charge in [-0.25, -0.2) is 0 Å². The molecule has 0 aliphatic heterocycles. The third-order valence-electron chi connectivity index (χ3n) is 2.92. The van der Waals surface area contributed by atoms with E-state index in [2.05, 4.69) is 54.3 Å². The first-order valence-electron chi connectivity index (χ1n) is 6.56. The second-order valence-corrected chi connectivity index (χ2v) is 6.13. The molecule has 1 atom stereocenters. The van der Waals surface area contributed by atoms with Gasteiger partial charge in [0, 0.05) is 30.3 Å². The number of hydrogen-bond acceptors (Lipinski definition) is 5. The molecule has 0 aromatic carbocycles. The monoisotopic (exact) mass is 276 g/mol. The first-order chi connectivity index (χ1) is 9.06. The van der Waals surface area contributed by atoms with Gasteiger partial charge < -0.3 is 5.32 Å². The number of nitrogens with one attached hydrogen (secondary N) is 1. The van der Waals surface area contributed by atoms with Gasteiger partial charge in [-0.15, -0.1) is 10.2 Å². The van der Waals surface area contributed by atoms with Gasteiger partial charge in [-0.1, -0.05) is 31.3 Å². The average Bonchev–Trinajstić information content (AvgIpc) is 2.80. The lowest BCUT2D eigenvalue weighted by atomic mass is 10.1. The van der Waals surface area contributed by atoms with Gasteiger partial charge in [0.15, 0.2) is 0 Å². The van der Waals surface area contributed by atoms with E-state index in [1.54, 1.807) is 11.3 Å². The topological polar surface area (TPSA) is 50.7 Å². The largest absolute Gasteiger partial charge is 0.357 e. The van der Waals surface area contributed by atoms with Crippen LogP contribution < -0.4 is 5.32 Å². The van der Waals surface area contributed by atoms with Crippen molar-refractivity contribution in [3.05, 3.63) is 34.6 Å². The molecule has 0 unspecified atom stereocenters. The Labute approximate surface area is 118 Å². The van der Waals surface area contributed by atoms with Crippen LogP contribution in [0.1, 0.15) is 43.0 Å². The van der Waals surface area contributed by atoms with Crippen LogP contribution in [-0.4, -0.2) is 21.2 Å². The quantitative estimate of drug-likeness (QED) is 0.909. The van der Waals surface area contributed by atoms with Crippen LogP contribution in [0.25, 0.3) is 0 Å². The highest BCUT2D eigenvalue weighted by Gasteiger charge is 2.11. The molecule has 2 aromatic heterocycles. The molecule has 2 aromatic rings. The van der Waals surface area contributed by atoms with Gasteiger partial charge in [0.2, 0.25) is 5.13 Å². The highest BCUT2D eigenvalue weighted by Crippen LogP contribution is 2.23. The Balaban J connectivity index is 1.97. The van der Waals surface area contributed by atoms with Gasteiger partial charge in [-0.3, -0.25) is 4.98 Å². The lowest BCUT2D eigenvalue weighted by Gasteiger charge is -2.13. The molecule has 5 heteroatoms. The van der Waals surface area contributed by atoms with E-state index < -0.39 is 0 Å². The highest BCUT2D eigenvalue weighted by atomic mass is 32.1. The van der Waals surface area contributed by atoms with E-state index in [-0.39, 0.29) is 0 Å². The normalized spacial score (nSPS) is 12.7. The van der Waals surface area contributed by atoms with Crippen molar-refractivity contribution in [1.82, 2.24) is 15.2 Å². The lowest BCUT2D eigenvalue weighted by Crippen LogP contribution is -2.19. The van der Waals surface area contributed by atoms with Gasteiger partial charge in [0.25, 0.3) is 0 Å². The molecule has 4 nitrogen and oxygen atoms in total. The van der Waals surface area contributed by atoms with Crippen molar-refractivity contribution in [1.29, 1.82) is 0 Å². The number of nitrogens with zero attached hydrogens (tertiary/aromatic N) is 3. The molecular formula is C14H20N4S. The number of aromatic nitrogens is 3. The first-order valence-corrected chi connectivity index (χ1v) is 7.38. The van der Waals surface area contributed by atoms with Gasteiger partial charge >= 0.3 is 0 Å². The number of pyridine rings is 1. The average molecular weight is 276 g/mol. The summed E-state index contributed by atoms with van der Waals surface area (Å²) in [5.74, 6) is 0.432. The van der Waals surface area contributed by atoms with E-state index in [0.717, 1.165) is 22.3 Å². The summed E-state index contributed by atoms with van der Waals surface area (Å²) in [7, 11) is 0. The second-order valence-electron chi connectivity index (χ2n) is 5.12. The Morgan fingerprint density at radius 1 is 1.26 bits per heavy atom. The van der Waals surface area contributed by atoms with E-state index in [9.17, 15) is 0 Å².